The third-order valence-electron chi connectivity index (χ3n) is 6.42. The summed E-state index contributed by atoms with van der Waals surface area (Å²) in [5.74, 6) is 0.814. The molecule has 0 N–H and O–H groups in total. The first-order chi connectivity index (χ1) is 9.88. The zero-order chi connectivity index (χ0) is 15.3. The van der Waals surface area contributed by atoms with Gasteiger partial charge in [0.05, 0.1) is 12.2 Å². The fraction of sp³-hybridized carbons (Fsp3) is 0.667. The van der Waals surface area contributed by atoms with Gasteiger partial charge in [-0.15, -0.1) is 0 Å². The molecule has 1 nitrogen and oxygen atoms in total. The van der Waals surface area contributed by atoms with Crippen molar-refractivity contribution in [1.82, 2.24) is 0 Å². The second-order valence-electron chi connectivity index (χ2n) is 7.43. The number of alkyl halides is 1. The van der Waals surface area contributed by atoms with Crippen molar-refractivity contribution in [3.05, 3.63) is 34.9 Å². The summed E-state index contributed by atoms with van der Waals surface area (Å²) in [6.07, 6.45) is 4.35. The highest BCUT2D eigenvalue weighted by molar-refractivity contribution is 9.09. The Morgan fingerprint density at radius 2 is 1.95 bits per heavy atom. The van der Waals surface area contributed by atoms with Gasteiger partial charge in [0.2, 0.25) is 0 Å². The average Bonchev–Trinajstić information content (AvgIpc) is 2.79. The first-order valence-electron chi connectivity index (χ1n) is 7.85. The van der Waals surface area contributed by atoms with Crippen LogP contribution in [0.2, 0.25) is 5.02 Å². The summed E-state index contributed by atoms with van der Waals surface area (Å²) in [5.41, 5.74) is 1.92. The van der Waals surface area contributed by atoms with Gasteiger partial charge in [-0.05, 0) is 53.7 Å². The maximum atomic E-state index is 6.57. The Morgan fingerprint density at radius 3 is 2.43 bits per heavy atom. The molecule has 21 heavy (non-hydrogen) atoms. The van der Waals surface area contributed by atoms with Gasteiger partial charge >= 0.3 is 0 Å². The van der Waals surface area contributed by atoms with E-state index in [4.69, 9.17) is 16.3 Å². The summed E-state index contributed by atoms with van der Waals surface area (Å²) < 4.78 is 6.57. The van der Waals surface area contributed by atoms with E-state index in [9.17, 15) is 0 Å². The minimum Gasteiger partial charge on any atom is -0.369 e. The Balaban J connectivity index is 1.78. The lowest BCUT2D eigenvalue weighted by molar-refractivity contribution is -0.0798. The molecule has 2 bridgehead atoms. The molecule has 3 rings (SSSR count). The normalized spacial score (nSPS) is 35.1. The van der Waals surface area contributed by atoms with Crippen LogP contribution in [0.15, 0.2) is 24.3 Å². The SMILES string of the molecule is CC1(C)C2CCC1(C)C(OC(CBr)c1ccc(Cl)cc1)C2. The van der Waals surface area contributed by atoms with Gasteiger partial charge in [0.25, 0.3) is 0 Å². The van der Waals surface area contributed by atoms with Crippen LogP contribution in [0.25, 0.3) is 0 Å². The van der Waals surface area contributed by atoms with Crippen molar-refractivity contribution < 1.29 is 4.74 Å². The van der Waals surface area contributed by atoms with Crippen LogP contribution in [0.5, 0.6) is 0 Å². The van der Waals surface area contributed by atoms with Crippen molar-refractivity contribution in [1.29, 1.82) is 0 Å². The van der Waals surface area contributed by atoms with Gasteiger partial charge < -0.3 is 4.74 Å². The predicted octanol–water partition coefficient (Wildman–Crippen LogP) is 6.01. The lowest BCUT2D eigenvalue weighted by Gasteiger charge is -2.40. The molecule has 2 aliphatic carbocycles. The summed E-state index contributed by atoms with van der Waals surface area (Å²) in [4.78, 5) is 0. The molecule has 4 unspecified atom stereocenters. The van der Waals surface area contributed by atoms with E-state index in [2.05, 4.69) is 48.8 Å². The third-order valence-corrected chi connectivity index (χ3v) is 7.26. The monoisotopic (exact) mass is 370 g/mol. The van der Waals surface area contributed by atoms with Gasteiger partial charge in [0.1, 0.15) is 0 Å². The largest absolute Gasteiger partial charge is 0.369 e. The third kappa shape index (κ3) is 2.48. The molecule has 116 valence electrons. The zero-order valence-corrected chi connectivity index (χ0v) is 15.4. The van der Waals surface area contributed by atoms with Crippen molar-refractivity contribution in [2.45, 2.75) is 52.2 Å². The van der Waals surface area contributed by atoms with E-state index >= 15 is 0 Å². The molecule has 0 radical (unpaired) electrons. The van der Waals surface area contributed by atoms with E-state index in [0.717, 1.165) is 16.3 Å². The van der Waals surface area contributed by atoms with Crippen LogP contribution in [0.1, 0.15) is 51.7 Å². The van der Waals surface area contributed by atoms with E-state index in [-0.39, 0.29) is 6.10 Å². The predicted molar refractivity (Wildman–Crippen MR) is 92.1 cm³/mol. The summed E-state index contributed by atoms with van der Waals surface area (Å²) in [5, 5.41) is 1.60. The van der Waals surface area contributed by atoms with Crippen molar-refractivity contribution in [3.8, 4) is 0 Å². The Kier molecular flexibility index (Phi) is 4.18. The summed E-state index contributed by atoms with van der Waals surface area (Å²) in [7, 11) is 0. The standard InChI is InChI=1S/C18H24BrClO/c1-17(2)13-8-9-18(17,3)16(10-13)21-15(11-19)12-4-6-14(20)7-5-12/h4-7,13,15-16H,8-11H2,1-3H3. The zero-order valence-electron chi connectivity index (χ0n) is 13.0. The van der Waals surface area contributed by atoms with Crippen LogP contribution >= 0.6 is 27.5 Å². The summed E-state index contributed by atoms with van der Waals surface area (Å²) in [6, 6.07) is 8.05. The van der Waals surface area contributed by atoms with Crippen LogP contribution in [0.3, 0.4) is 0 Å². The topological polar surface area (TPSA) is 9.23 Å². The molecule has 2 fully saturated rings. The van der Waals surface area contributed by atoms with Gasteiger partial charge in [-0.3, -0.25) is 0 Å². The highest BCUT2D eigenvalue weighted by atomic mass is 79.9. The minimum absolute atomic E-state index is 0.110. The number of hydrogen-bond donors (Lipinski definition) is 0. The fourth-order valence-electron chi connectivity index (χ4n) is 4.42. The lowest BCUT2D eigenvalue weighted by atomic mass is 9.70. The molecule has 2 saturated carbocycles. The highest BCUT2D eigenvalue weighted by Gasteiger charge is 2.62. The molecule has 1 aromatic carbocycles. The maximum absolute atomic E-state index is 6.57. The number of fused-ring (bicyclic) bond motifs is 2. The molecule has 1 aromatic rings. The highest BCUT2D eigenvalue weighted by Crippen LogP contribution is 2.66. The number of ether oxygens (including phenoxy) is 1. The van der Waals surface area contributed by atoms with Crippen LogP contribution in [-0.2, 0) is 4.74 Å². The molecule has 0 aliphatic heterocycles. The quantitative estimate of drug-likeness (QED) is 0.589. The van der Waals surface area contributed by atoms with Crippen molar-refractivity contribution in [2.24, 2.45) is 16.7 Å². The van der Waals surface area contributed by atoms with Gasteiger partial charge in [-0.2, -0.15) is 0 Å². The second-order valence-corrected chi connectivity index (χ2v) is 8.51. The minimum atomic E-state index is 0.110. The molecule has 4 atom stereocenters. The van der Waals surface area contributed by atoms with Crippen LogP contribution in [0, 0.1) is 16.7 Å². The van der Waals surface area contributed by atoms with Gasteiger partial charge in [0, 0.05) is 10.4 Å². The van der Waals surface area contributed by atoms with Crippen LogP contribution in [-0.4, -0.2) is 11.4 Å². The van der Waals surface area contributed by atoms with E-state index in [1.165, 1.54) is 24.8 Å². The molecule has 0 heterocycles. The molecular formula is C18H24BrClO. The fourth-order valence-corrected chi connectivity index (χ4v) is 5.07. The van der Waals surface area contributed by atoms with Gasteiger partial charge in [0.15, 0.2) is 0 Å². The Bertz CT molecular complexity index is 512. The molecule has 0 amide bonds. The Morgan fingerprint density at radius 1 is 1.29 bits per heavy atom. The number of hydrogen-bond acceptors (Lipinski definition) is 1. The van der Waals surface area contributed by atoms with E-state index in [0.29, 0.717) is 16.9 Å². The second kappa shape index (κ2) is 5.54. The summed E-state index contributed by atoms with van der Waals surface area (Å²) >= 11 is 9.61. The maximum Gasteiger partial charge on any atom is 0.0925 e. The van der Waals surface area contributed by atoms with E-state index in [1.54, 1.807) is 0 Å². The number of benzene rings is 1. The Hall–Kier alpha value is -0.0500. The van der Waals surface area contributed by atoms with Crippen LogP contribution in [0.4, 0.5) is 0 Å². The molecular weight excluding hydrogens is 348 g/mol. The number of halogens is 2. The smallest absolute Gasteiger partial charge is 0.0925 e. The molecule has 0 spiro atoms. The summed E-state index contributed by atoms with van der Waals surface area (Å²) in [6.45, 7) is 7.29. The first kappa shape index (κ1) is 15.8. The number of rotatable bonds is 4. The molecule has 0 saturated heterocycles. The molecule has 2 aliphatic rings. The molecule has 3 heteroatoms. The van der Waals surface area contributed by atoms with E-state index < -0.39 is 0 Å². The van der Waals surface area contributed by atoms with Gasteiger partial charge in [-0.1, -0.05) is 60.4 Å². The average molecular weight is 372 g/mol. The Labute approximate surface area is 141 Å². The lowest BCUT2D eigenvalue weighted by Crippen LogP contribution is -2.38. The molecule has 0 aromatic heterocycles. The van der Waals surface area contributed by atoms with Crippen LogP contribution < -0.4 is 0 Å². The van der Waals surface area contributed by atoms with E-state index in [1.807, 2.05) is 12.1 Å². The van der Waals surface area contributed by atoms with Crippen molar-refractivity contribution >= 4 is 27.5 Å². The van der Waals surface area contributed by atoms with Crippen molar-refractivity contribution in [3.63, 3.8) is 0 Å². The van der Waals surface area contributed by atoms with Gasteiger partial charge in [-0.25, -0.2) is 0 Å². The van der Waals surface area contributed by atoms with Crippen molar-refractivity contribution in [2.75, 3.05) is 5.33 Å². The first-order valence-corrected chi connectivity index (χ1v) is 9.35.